The Hall–Kier alpha value is -1.31. The van der Waals surface area contributed by atoms with Crippen molar-refractivity contribution in [1.82, 2.24) is 10.6 Å². The van der Waals surface area contributed by atoms with Gasteiger partial charge in [0.1, 0.15) is 0 Å². The highest BCUT2D eigenvalue weighted by Crippen LogP contribution is 2.14. The van der Waals surface area contributed by atoms with Crippen molar-refractivity contribution in [3.05, 3.63) is 35.4 Å². The lowest BCUT2D eigenvalue weighted by Crippen LogP contribution is -2.39. The van der Waals surface area contributed by atoms with Gasteiger partial charge in [-0.25, -0.2) is 0 Å². The number of rotatable bonds is 8. The van der Waals surface area contributed by atoms with E-state index in [0.29, 0.717) is 12.3 Å². The second-order valence-electron chi connectivity index (χ2n) is 5.72. The Kier molecular flexibility index (Phi) is 12.3. The molecule has 0 aliphatic rings. The van der Waals surface area contributed by atoms with Crippen LogP contribution in [0.25, 0.3) is 0 Å². The van der Waals surface area contributed by atoms with E-state index in [-0.39, 0.29) is 29.9 Å². The number of nitrogens with zero attached hydrogens (tertiary/aromatic N) is 1. The zero-order valence-electron chi connectivity index (χ0n) is 15.1. The molecule has 0 aliphatic heterocycles. The molecule has 6 heteroatoms. The molecule has 0 spiro atoms. The van der Waals surface area contributed by atoms with Gasteiger partial charge in [-0.1, -0.05) is 36.8 Å². The fourth-order valence-corrected chi connectivity index (χ4v) is 2.19. The van der Waals surface area contributed by atoms with Gasteiger partial charge in [0, 0.05) is 26.6 Å². The van der Waals surface area contributed by atoms with E-state index in [1.165, 1.54) is 18.2 Å². The number of methoxy groups -OCH3 is 1. The fourth-order valence-electron chi connectivity index (χ4n) is 2.19. The van der Waals surface area contributed by atoms with Crippen molar-refractivity contribution in [2.24, 2.45) is 4.99 Å². The van der Waals surface area contributed by atoms with Crippen molar-refractivity contribution in [2.75, 3.05) is 27.2 Å². The summed E-state index contributed by atoms with van der Waals surface area (Å²) in [6.07, 6.45) is 2.19. The molecule has 0 saturated carbocycles. The lowest BCUT2D eigenvalue weighted by Gasteiger charge is -2.16. The molecular formula is C18H30IN3O2. The smallest absolute Gasteiger partial charge is 0.305 e. The number of hydrogen-bond acceptors (Lipinski definition) is 3. The molecule has 0 aliphatic carbocycles. The number of carbonyl (C=O) groups excluding carboxylic acids is 1. The molecule has 0 fully saturated rings. The van der Waals surface area contributed by atoms with Crippen LogP contribution in [-0.2, 0) is 9.53 Å². The van der Waals surface area contributed by atoms with Crippen LogP contribution in [0, 0.1) is 6.92 Å². The molecule has 24 heavy (non-hydrogen) atoms. The minimum absolute atomic E-state index is 0. The number of unbranched alkanes of at least 4 members (excludes halogenated alkanes) is 1. The zero-order chi connectivity index (χ0) is 17.1. The van der Waals surface area contributed by atoms with Crippen LogP contribution in [0.5, 0.6) is 0 Å². The molecule has 1 rings (SSSR count). The number of aliphatic imine (C=N–C) groups is 1. The lowest BCUT2D eigenvalue weighted by molar-refractivity contribution is -0.140. The molecule has 0 radical (unpaired) electrons. The standard InChI is InChI=1S/C18H29N3O2.HI/c1-14-8-10-16(11-9-14)15(2)13-21-18(19-3)20-12-6-5-7-17(22)23-4;/h8-11,15H,5-7,12-13H2,1-4H3,(H2,19,20,21);1H. The second kappa shape index (κ2) is 13.0. The van der Waals surface area contributed by atoms with E-state index in [9.17, 15) is 4.79 Å². The number of halogens is 1. The number of aryl methyl sites for hydroxylation is 1. The van der Waals surface area contributed by atoms with Crippen molar-refractivity contribution >= 4 is 35.9 Å². The molecule has 0 aromatic heterocycles. The summed E-state index contributed by atoms with van der Waals surface area (Å²) >= 11 is 0. The van der Waals surface area contributed by atoms with Gasteiger partial charge in [0.25, 0.3) is 0 Å². The minimum atomic E-state index is -0.153. The minimum Gasteiger partial charge on any atom is -0.469 e. The van der Waals surface area contributed by atoms with Gasteiger partial charge in [0.15, 0.2) is 5.96 Å². The molecule has 2 N–H and O–H groups in total. The molecule has 1 aromatic carbocycles. The fraction of sp³-hybridized carbons (Fsp3) is 0.556. The Balaban J connectivity index is 0.00000529. The third kappa shape index (κ3) is 9.10. The number of ether oxygens (including phenoxy) is 1. The molecule has 0 bridgehead atoms. The normalized spacial score (nSPS) is 12.1. The van der Waals surface area contributed by atoms with E-state index in [1.807, 2.05) is 0 Å². The topological polar surface area (TPSA) is 62.7 Å². The molecule has 136 valence electrons. The first-order chi connectivity index (χ1) is 11.1. The summed E-state index contributed by atoms with van der Waals surface area (Å²) in [6, 6.07) is 8.62. The molecule has 1 aromatic rings. The Morgan fingerprint density at radius 2 is 1.88 bits per heavy atom. The summed E-state index contributed by atoms with van der Waals surface area (Å²) in [5, 5.41) is 6.60. The number of esters is 1. The molecule has 0 saturated heterocycles. The van der Waals surface area contributed by atoms with Gasteiger partial charge >= 0.3 is 5.97 Å². The van der Waals surface area contributed by atoms with Crippen LogP contribution in [0.2, 0.25) is 0 Å². The maximum atomic E-state index is 11.0. The van der Waals surface area contributed by atoms with Gasteiger partial charge in [-0.05, 0) is 31.2 Å². The first kappa shape index (κ1) is 22.7. The monoisotopic (exact) mass is 447 g/mol. The second-order valence-corrected chi connectivity index (χ2v) is 5.72. The van der Waals surface area contributed by atoms with E-state index < -0.39 is 0 Å². The van der Waals surface area contributed by atoms with Crippen molar-refractivity contribution in [3.8, 4) is 0 Å². The van der Waals surface area contributed by atoms with E-state index in [2.05, 4.69) is 58.5 Å². The van der Waals surface area contributed by atoms with Gasteiger partial charge in [-0.2, -0.15) is 0 Å². The predicted molar refractivity (Wildman–Crippen MR) is 110 cm³/mol. The summed E-state index contributed by atoms with van der Waals surface area (Å²) in [4.78, 5) is 15.2. The molecule has 1 atom stereocenters. The van der Waals surface area contributed by atoms with Gasteiger partial charge in [0.05, 0.1) is 7.11 Å². The van der Waals surface area contributed by atoms with Crippen LogP contribution in [0.4, 0.5) is 0 Å². The summed E-state index contributed by atoms with van der Waals surface area (Å²) in [6.45, 7) is 5.90. The summed E-state index contributed by atoms with van der Waals surface area (Å²) < 4.78 is 4.62. The van der Waals surface area contributed by atoms with Gasteiger partial charge in [-0.15, -0.1) is 24.0 Å². The zero-order valence-corrected chi connectivity index (χ0v) is 17.4. The molecular weight excluding hydrogens is 417 g/mol. The molecule has 1 unspecified atom stereocenters. The van der Waals surface area contributed by atoms with Crippen LogP contribution in [-0.4, -0.2) is 39.2 Å². The highest BCUT2D eigenvalue weighted by molar-refractivity contribution is 14.0. The van der Waals surface area contributed by atoms with Crippen LogP contribution in [0.3, 0.4) is 0 Å². The molecule has 0 amide bonds. The van der Waals surface area contributed by atoms with Gasteiger partial charge in [0.2, 0.25) is 0 Å². The molecule has 0 heterocycles. The molecule has 5 nitrogen and oxygen atoms in total. The number of hydrogen-bond donors (Lipinski definition) is 2. The van der Waals surface area contributed by atoms with Crippen molar-refractivity contribution in [2.45, 2.75) is 39.0 Å². The average molecular weight is 447 g/mol. The Morgan fingerprint density at radius 1 is 1.21 bits per heavy atom. The third-order valence-electron chi connectivity index (χ3n) is 3.77. The highest BCUT2D eigenvalue weighted by Gasteiger charge is 2.06. The van der Waals surface area contributed by atoms with Crippen LogP contribution >= 0.6 is 24.0 Å². The average Bonchev–Trinajstić information content (AvgIpc) is 2.57. The Labute approximate surface area is 162 Å². The summed E-state index contributed by atoms with van der Waals surface area (Å²) in [7, 11) is 3.18. The first-order valence-electron chi connectivity index (χ1n) is 8.14. The summed E-state index contributed by atoms with van der Waals surface area (Å²) in [5.41, 5.74) is 2.59. The number of benzene rings is 1. The van der Waals surface area contributed by atoms with E-state index >= 15 is 0 Å². The van der Waals surface area contributed by atoms with Crippen molar-refractivity contribution in [1.29, 1.82) is 0 Å². The maximum Gasteiger partial charge on any atom is 0.305 e. The van der Waals surface area contributed by atoms with Crippen LogP contribution in [0.15, 0.2) is 29.3 Å². The first-order valence-corrected chi connectivity index (χ1v) is 8.14. The SMILES string of the molecule is CN=C(NCCCCC(=O)OC)NCC(C)c1ccc(C)cc1.I. The van der Waals surface area contributed by atoms with Crippen LogP contribution in [0.1, 0.15) is 43.2 Å². The van der Waals surface area contributed by atoms with Crippen molar-refractivity contribution < 1.29 is 9.53 Å². The highest BCUT2D eigenvalue weighted by atomic mass is 127. The number of guanidine groups is 1. The van der Waals surface area contributed by atoms with Crippen LogP contribution < -0.4 is 10.6 Å². The Morgan fingerprint density at radius 3 is 2.46 bits per heavy atom. The number of nitrogens with one attached hydrogen (secondary N) is 2. The predicted octanol–water partition coefficient (Wildman–Crippen LogP) is 3.22. The van der Waals surface area contributed by atoms with E-state index in [0.717, 1.165) is 31.9 Å². The quantitative estimate of drug-likeness (QED) is 0.211. The third-order valence-corrected chi connectivity index (χ3v) is 3.77. The number of carbonyl (C=O) groups is 1. The van der Waals surface area contributed by atoms with Gasteiger partial charge in [-0.3, -0.25) is 9.79 Å². The van der Waals surface area contributed by atoms with Crippen molar-refractivity contribution in [3.63, 3.8) is 0 Å². The maximum absolute atomic E-state index is 11.0. The van der Waals surface area contributed by atoms with E-state index in [4.69, 9.17) is 0 Å². The summed E-state index contributed by atoms with van der Waals surface area (Å²) in [5.74, 6) is 1.05. The lowest BCUT2D eigenvalue weighted by atomic mass is 10.0. The van der Waals surface area contributed by atoms with Gasteiger partial charge < -0.3 is 15.4 Å². The largest absolute Gasteiger partial charge is 0.469 e. The van der Waals surface area contributed by atoms with E-state index in [1.54, 1.807) is 7.05 Å². The Bertz CT molecular complexity index is 503.